The third kappa shape index (κ3) is 2.97. The Hall–Kier alpha value is -1.57. The average Bonchev–Trinajstić information content (AvgIpc) is 2.90. The summed E-state index contributed by atoms with van der Waals surface area (Å²) in [6.45, 7) is 1.90. The molecule has 0 atom stereocenters. The molecule has 0 aliphatic rings. The van der Waals surface area contributed by atoms with Crippen molar-refractivity contribution < 1.29 is 22.3 Å². The number of ether oxygens (including phenoxy) is 1. The molecule has 1 aromatic heterocycles. The van der Waals surface area contributed by atoms with Crippen LogP contribution in [0.4, 0.5) is 17.6 Å². The molecule has 0 N–H and O–H groups in total. The standard InChI is InChI=1S/C14H13BrF4N2O/c1-3-21-7-10(14(17,18)19)20-13(21)9-5-4-8(6-15)12(22-2)11(9)16/h4-5,7H,3,6H2,1-2H3. The highest BCUT2D eigenvalue weighted by Crippen LogP contribution is 2.35. The minimum atomic E-state index is -4.58. The Kier molecular flexibility index (Phi) is 4.79. The van der Waals surface area contributed by atoms with Crippen LogP contribution < -0.4 is 4.74 Å². The van der Waals surface area contributed by atoms with Crippen LogP contribution in [-0.2, 0) is 18.1 Å². The molecule has 1 heterocycles. The smallest absolute Gasteiger partial charge is 0.434 e. The third-order valence-electron chi connectivity index (χ3n) is 3.18. The number of hydrogen-bond donors (Lipinski definition) is 0. The molecule has 0 bridgehead atoms. The van der Waals surface area contributed by atoms with E-state index in [1.165, 1.54) is 17.7 Å². The molecule has 0 aliphatic heterocycles. The Labute approximate surface area is 133 Å². The fourth-order valence-electron chi connectivity index (χ4n) is 2.10. The summed E-state index contributed by atoms with van der Waals surface area (Å²) in [6, 6.07) is 3.00. The molecule has 2 aromatic rings. The summed E-state index contributed by atoms with van der Waals surface area (Å²) in [6.07, 6.45) is -3.70. The van der Waals surface area contributed by atoms with Crippen LogP contribution in [0.1, 0.15) is 18.2 Å². The van der Waals surface area contributed by atoms with E-state index in [2.05, 4.69) is 20.9 Å². The molecule has 0 radical (unpaired) electrons. The maximum Gasteiger partial charge on any atom is 0.434 e. The highest BCUT2D eigenvalue weighted by molar-refractivity contribution is 9.08. The van der Waals surface area contributed by atoms with E-state index in [4.69, 9.17) is 4.74 Å². The van der Waals surface area contributed by atoms with Gasteiger partial charge in [0.2, 0.25) is 0 Å². The lowest BCUT2D eigenvalue weighted by molar-refractivity contribution is -0.140. The van der Waals surface area contributed by atoms with Gasteiger partial charge in [0.15, 0.2) is 17.3 Å². The van der Waals surface area contributed by atoms with Crippen LogP contribution in [0, 0.1) is 5.82 Å². The molecule has 0 fully saturated rings. The molecule has 0 aliphatic carbocycles. The van der Waals surface area contributed by atoms with Gasteiger partial charge in [-0.2, -0.15) is 13.2 Å². The Morgan fingerprint density at radius 1 is 1.32 bits per heavy atom. The normalized spacial score (nSPS) is 11.8. The maximum absolute atomic E-state index is 14.5. The second-order valence-corrected chi connectivity index (χ2v) is 5.05. The number of nitrogens with zero attached hydrogens (tertiary/aromatic N) is 2. The van der Waals surface area contributed by atoms with Crippen LogP contribution in [0.5, 0.6) is 5.75 Å². The van der Waals surface area contributed by atoms with Crippen LogP contribution >= 0.6 is 15.9 Å². The number of aryl methyl sites for hydroxylation is 1. The number of halogens is 5. The SMILES string of the molecule is CCn1cc(C(F)(F)F)nc1-c1ccc(CBr)c(OC)c1F. The minimum Gasteiger partial charge on any atom is -0.493 e. The summed E-state index contributed by atoms with van der Waals surface area (Å²) < 4.78 is 59.2. The molecule has 2 rings (SSSR count). The zero-order chi connectivity index (χ0) is 16.5. The molecule has 0 saturated heterocycles. The molecule has 3 nitrogen and oxygen atoms in total. The van der Waals surface area contributed by atoms with E-state index in [9.17, 15) is 17.6 Å². The first-order chi connectivity index (χ1) is 10.3. The van der Waals surface area contributed by atoms with E-state index in [1.807, 2.05) is 0 Å². The number of hydrogen-bond acceptors (Lipinski definition) is 2. The van der Waals surface area contributed by atoms with Crippen molar-refractivity contribution in [2.75, 3.05) is 7.11 Å². The fourth-order valence-corrected chi connectivity index (χ4v) is 2.54. The monoisotopic (exact) mass is 380 g/mol. The predicted octanol–water partition coefficient (Wildman–Crippen LogP) is 4.63. The molecule has 120 valence electrons. The summed E-state index contributed by atoms with van der Waals surface area (Å²) in [5.74, 6) is -0.811. The second-order valence-electron chi connectivity index (χ2n) is 4.49. The summed E-state index contributed by atoms with van der Waals surface area (Å²) in [5.41, 5.74) is -0.513. The highest BCUT2D eigenvalue weighted by Gasteiger charge is 2.35. The molecule has 0 saturated carbocycles. The largest absolute Gasteiger partial charge is 0.493 e. The molecular weight excluding hydrogens is 368 g/mol. The van der Waals surface area contributed by atoms with Crippen molar-refractivity contribution in [3.05, 3.63) is 35.4 Å². The Balaban J connectivity index is 2.64. The van der Waals surface area contributed by atoms with Crippen LogP contribution in [0.3, 0.4) is 0 Å². The van der Waals surface area contributed by atoms with Gasteiger partial charge >= 0.3 is 6.18 Å². The van der Waals surface area contributed by atoms with Gasteiger partial charge in [0, 0.05) is 23.6 Å². The number of rotatable bonds is 4. The topological polar surface area (TPSA) is 27.1 Å². The van der Waals surface area contributed by atoms with Crippen molar-refractivity contribution in [2.24, 2.45) is 0 Å². The molecular formula is C14H13BrF4N2O. The lowest BCUT2D eigenvalue weighted by Crippen LogP contribution is -2.05. The Morgan fingerprint density at radius 3 is 2.50 bits per heavy atom. The van der Waals surface area contributed by atoms with Crippen molar-refractivity contribution in [1.29, 1.82) is 0 Å². The van der Waals surface area contributed by atoms with E-state index in [1.54, 1.807) is 13.0 Å². The average molecular weight is 381 g/mol. The van der Waals surface area contributed by atoms with Crippen molar-refractivity contribution in [1.82, 2.24) is 9.55 Å². The van der Waals surface area contributed by atoms with Gasteiger partial charge in [-0.1, -0.05) is 22.0 Å². The Morgan fingerprint density at radius 2 is 2.00 bits per heavy atom. The van der Waals surface area contributed by atoms with Crippen LogP contribution in [0.25, 0.3) is 11.4 Å². The summed E-state index contributed by atoms with van der Waals surface area (Å²) in [4.78, 5) is 3.54. The minimum absolute atomic E-state index is 0.00594. The summed E-state index contributed by atoms with van der Waals surface area (Å²) >= 11 is 3.21. The summed E-state index contributed by atoms with van der Waals surface area (Å²) in [5, 5.41) is 0.364. The number of alkyl halides is 4. The van der Waals surface area contributed by atoms with Crippen molar-refractivity contribution in [2.45, 2.75) is 25.0 Å². The molecule has 8 heteroatoms. The van der Waals surface area contributed by atoms with Gasteiger partial charge in [0.05, 0.1) is 12.7 Å². The van der Waals surface area contributed by atoms with Gasteiger partial charge in [-0.3, -0.25) is 0 Å². The first kappa shape index (κ1) is 16.8. The van der Waals surface area contributed by atoms with E-state index in [0.29, 0.717) is 10.9 Å². The zero-order valence-corrected chi connectivity index (χ0v) is 13.4. The van der Waals surface area contributed by atoms with Gasteiger partial charge in [-0.05, 0) is 13.0 Å². The van der Waals surface area contributed by atoms with Crippen molar-refractivity contribution in [3.63, 3.8) is 0 Å². The number of aromatic nitrogens is 2. The molecule has 0 amide bonds. The van der Waals surface area contributed by atoms with Gasteiger partial charge in [0.1, 0.15) is 5.82 Å². The number of methoxy groups -OCH3 is 1. The molecule has 1 aromatic carbocycles. The van der Waals surface area contributed by atoms with E-state index >= 15 is 0 Å². The maximum atomic E-state index is 14.5. The first-order valence-corrected chi connectivity index (χ1v) is 7.51. The fraction of sp³-hybridized carbons (Fsp3) is 0.357. The van der Waals surface area contributed by atoms with Crippen LogP contribution in [-0.4, -0.2) is 16.7 Å². The van der Waals surface area contributed by atoms with Gasteiger partial charge in [0.25, 0.3) is 0 Å². The third-order valence-corrected chi connectivity index (χ3v) is 3.78. The van der Waals surface area contributed by atoms with Crippen LogP contribution in [0.15, 0.2) is 18.3 Å². The highest BCUT2D eigenvalue weighted by atomic mass is 79.9. The van der Waals surface area contributed by atoms with Crippen molar-refractivity contribution in [3.8, 4) is 17.1 Å². The number of benzene rings is 1. The van der Waals surface area contributed by atoms with Gasteiger partial charge in [-0.15, -0.1) is 0 Å². The van der Waals surface area contributed by atoms with Gasteiger partial charge in [-0.25, -0.2) is 9.37 Å². The molecule has 22 heavy (non-hydrogen) atoms. The zero-order valence-electron chi connectivity index (χ0n) is 11.8. The predicted molar refractivity (Wildman–Crippen MR) is 77.5 cm³/mol. The van der Waals surface area contributed by atoms with Gasteiger partial charge < -0.3 is 9.30 Å². The van der Waals surface area contributed by atoms with E-state index in [-0.39, 0.29) is 23.7 Å². The second kappa shape index (κ2) is 6.28. The molecule has 0 unspecified atom stereocenters. The Bertz CT molecular complexity index is 682. The molecule has 0 spiro atoms. The first-order valence-electron chi connectivity index (χ1n) is 6.39. The van der Waals surface area contributed by atoms with Crippen LogP contribution in [0.2, 0.25) is 0 Å². The van der Waals surface area contributed by atoms with E-state index in [0.717, 1.165) is 6.20 Å². The van der Waals surface area contributed by atoms with Crippen molar-refractivity contribution >= 4 is 15.9 Å². The number of imidazole rings is 1. The summed E-state index contributed by atoms with van der Waals surface area (Å²) in [7, 11) is 1.31. The van der Waals surface area contributed by atoms with E-state index < -0.39 is 17.7 Å². The lowest BCUT2D eigenvalue weighted by Gasteiger charge is -2.12. The lowest BCUT2D eigenvalue weighted by atomic mass is 10.1. The quantitative estimate of drug-likeness (QED) is 0.571.